The molecule has 0 aliphatic carbocycles. The molecule has 1 heterocycles. The molecule has 0 radical (unpaired) electrons. The molecule has 0 aliphatic heterocycles. The monoisotopic (exact) mass is 271 g/mol. The highest BCUT2D eigenvalue weighted by atomic mass is 35.5. The Bertz CT molecular complexity index is 515. The Labute approximate surface area is 108 Å². The molecule has 6 heteroatoms. The van der Waals surface area contributed by atoms with E-state index in [0.29, 0.717) is 0 Å². The minimum atomic E-state index is -0.427. The highest BCUT2D eigenvalue weighted by Gasteiger charge is 2.08. The average molecular weight is 272 g/mol. The van der Waals surface area contributed by atoms with Crippen LogP contribution in [-0.4, -0.2) is 16.7 Å². The van der Waals surface area contributed by atoms with Gasteiger partial charge in [0.15, 0.2) is 0 Å². The lowest BCUT2D eigenvalue weighted by Gasteiger charge is -1.97. The Balaban J connectivity index is 2.21. The van der Waals surface area contributed by atoms with E-state index in [2.05, 4.69) is 22.4 Å². The molecule has 0 saturated carbocycles. The van der Waals surface area contributed by atoms with E-state index in [9.17, 15) is 4.39 Å². The standard InChI is InChI=1S/C11H11ClFN3S/c1-2-5-14-11-16-15-10(17-11)7-3-4-9(13)8(12)6-7/h3-4,6H,2,5H2,1H3,(H,14,16). The van der Waals surface area contributed by atoms with Crippen molar-refractivity contribution in [2.75, 3.05) is 11.9 Å². The summed E-state index contributed by atoms with van der Waals surface area (Å²) in [6.45, 7) is 2.94. The van der Waals surface area contributed by atoms with Crippen molar-refractivity contribution >= 4 is 28.1 Å². The van der Waals surface area contributed by atoms with Crippen LogP contribution in [0.4, 0.5) is 9.52 Å². The fourth-order valence-corrected chi connectivity index (χ4v) is 2.22. The summed E-state index contributed by atoms with van der Waals surface area (Å²) >= 11 is 7.15. The maximum absolute atomic E-state index is 13.0. The molecule has 0 aliphatic rings. The molecule has 3 nitrogen and oxygen atoms in total. The van der Waals surface area contributed by atoms with Gasteiger partial charge in [0.05, 0.1) is 5.02 Å². The van der Waals surface area contributed by atoms with Gasteiger partial charge < -0.3 is 5.32 Å². The number of hydrogen-bond donors (Lipinski definition) is 1. The zero-order valence-corrected chi connectivity index (χ0v) is 10.8. The summed E-state index contributed by atoms with van der Waals surface area (Å²) in [4.78, 5) is 0. The Hall–Kier alpha value is -1.20. The Kier molecular flexibility index (Phi) is 3.91. The molecule has 0 bridgehead atoms. The van der Waals surface area contributed by atoms with Crippen LogP contribution in [0.25, 0.3) is 10.6 Å². The van der Waals surface area contributed by atoms with Crippen LogP contribution < -0.4 is 5.32 Å². The van der Waals surface area contributed by atoms with Gasteiger partial charge in [-0.2, -0.15) is 0 Å². The summed E-state index contributed by atoms with van der Waals surface area (Å²) in [7, 11) is 0. The van der Waals surface area contributed by atoms with E-state index in [4.69, 9.17) is 11.6 Å². The van der Waals surface area contributed by atoms with Crippen LogP contribution in [-0.2, 0) is 0 Å². The van der Waals surface area contributed by atoms with Crippen molar-refractivity contribution in [3.63, 3.8) is 0 Å². The molecular weight excluding hydrogens is 261 g/mol. The van der Waals surface area contributed by atoms with E-state index < -0.39 is 5.82 Å². The van der Waals surface area contributed by atoms with E-state index in [1.54, 1.807) is 12.1 Å². The van der Waals surface area contributed by atoms with Gasteiger partial charge in [-0.25, -0.2) is 4.39 Å². The molecule has 0 fully saturated rings. The molecule has 0 unspecified atom stereocenters. The molecular formula is C11H11ClFN3S. The van der Waals surface area contributed by atoms with Crippen molar-refractivity contribution in [1.29, 1.82) is 0 Å². The largest absolute Gasteiger partial charge is 0.360 e. The van der Waals surface area contributed by atoms with Crippen LogP contribution in [0.5, 0.6) is 0 Å². The van der Waals surface area contributed by atoms with Gasteiger partial charge in [0.25, 0.3) is 0 Å². The van der Waals surface area contributed by atoms with E-state index in [1.165, 1.54) is 17.4 Å². The number of aromatic nitrogens is 2. The van der Waals surface area contributed by atoms with E-state index in [-0.39, 0.29) is 5.02 Å². The first-order valence-electron chi connectivity index (χ1n) is 5.23. The van der Waals surface area contributed by atoms with E-state index >= 15 is 0 Å². The number of benzene rings is 1. The molecule has 1 N–H and O–H groups in total. The number of halogens is 2. The quantitative estimate of drug-likeness (QED) is 0.919. The fraction of sp³-hybridized carbons (Fsp3) is 0.273. The lowest BCUT2D eigenvalue weighted by Crippen LogP contribution is -1.98. The average Bonchev–Trinajstić information content (AvgIpc) is 2.79. The maximum atomic E-state index is 13.0. The lowest BCUT2D eigenvalue weighted by atomic mass is 10.2. The van der Waals surface area contributed by atoms with Crippen LogP contribution in [0.3, 0.4) is 0 Å². The third-order valence-electron chi connectivity index (χ3n) is 2.12. The van der Waals surface area contributed by atoms with Crippen LogP contribution in [0, 0.1) is 5.82 Å². The van der Waals surface area contributed by atoms with Gasteiger partial charge in [0.1, 0.15) is 10.8 Å². The molecule has 0 spiro atoms. The predicted octanol–water partition coefficient (Wildman–Crippen LogP) is 3.82. The third-order valence-corrected chi connectivity index (χ3v) is 3.34. The second-order valence-electron chi connectivity index (χ2n) is 3.47. The normalized spacial score (nSPS) is 10.5. The van der Waals surface area contributed by atoms with Crippen molar-refractivity contribution in [3.8, 4) is 10.6 Å². The molecule has 0 atom stereocenters. The van der Waals surface area contributed by atoms with Gasteiger partial charge in [-0.15, -0.1) is 10.2 Å². The van der Waals surface area contributed by atoms with Gasteiger partial charge in [0.2, 0.25) is 5.13 Å². The van der Waals surface area contributed by atoms with Crippen LogP contribution in [0.2, 0.25) is 5.02 Å². The molecule has 1 aromatic carbocycles. The summed E-state index contributed by atoms with van der Waals surface area (Å²) in [5.74, 6) is -0.427. The fourth-order valence-electron chi connectivity index (χ4n) is 1.27. The lowest BCUT2D eigenvalue weighted by molar-refractivity contribution is 0.628. The number of anilines is 1. The van der Waals surface area contributed by atoms with Gasteiger partial charge in [-0.1, -0.05) is 29.9 Å². The summed E-state index contributed by atoms with van der Waals surface area (Å²) in [6.07, 6.45) is 1.03. The second-order valence-corrected chi connectivity index (χ2v) is 4.85. The van der Waals surface area contributed by atoms with Crippen molar-refractivity contribution in [2.24, 2.45) is 0 Å². The Morgan fingerprint density at radius 3 is 2.94 bits per heavy atom. The van der Waals surface area contributed by atoms with Gasteiger partial charge >= 0.3 is 0 Å². The summed E-state index contributed by atoms with van der Waals surface area (Å²) < 4.78 is 13.0. The zero-order valence-electron chi connectivity index (χ0n) is 9.20. The SMILES string of the molecule is CCCNc1nnc(-c2ccc(F)c(Cl)c2)s1. The topological polar surface area (TPSA) is 37.8 Å². The van der Waals surface area contributed by atoms with Gasteiger partial charge in [-0.3, -0.25) is 0 Å². The molecule has 90 valence electrons. The van der Waals surface area contributed by atoms with Crippen molar-refractivity contribution in [3.05, 3.63) is 29.0 Å². The smallest absolute Gasteiger partial charge is 0.206 e. The van der Waals surface area contributed by atoms with Crippen molar-refractivity contribution in [1.82, 2.24) is 10.2 Å². The summed E-state index contributed by atoms with van der Waals surface area (Å²) in [5, 5.41) is 12.8. The number of hydrogen-bond acceptors (Lipinski definition) is 4. The summed E-state index contributed by atoms with van der Waals surface area (Å²) in [5.41, 5.74) is 0.776. The Morgan fingerprint density at radius 2 is 2.24 bits per heavy atom. The van der Waals surface area contributed by atoms with Crippen molar-refractivity contribution in [2.45, 2.75) is 13.3 Å². The summed E-state index contributed by atoms with van der Waals surface area (Å²) in [6, 6.07) is 4.53. The highest BCUT2D eigenvalue weighted by Crippen LogP contribution is 2.29. The number of nitrogens with zero attached hydrogens (tertiary/aromatic N) is 2. The maximum Gasteiger partial charge on any atom is 0.206 e. The van der Waals surface area contributed by atoms with Gasteiger partial charge in [-0.05, 0) is 24.6 Å². The van der Waals surface area contributed by atoms with Crippen LogP contribution >= 0.6 is 22.9 Å². The predicted molar refractivity (Wildman–Crippen MR) is 69.1 cm³/mol. The van der Waals surface area contributed by atoms with E-state index in [0.717, 1.165) is 28.7 Å². The van der Waals surface area contributed by atoms with Crippen LogP contribution in [0.15, 0.2) is 18.2 Å². The second kappa shape index (κ2) is 5.42. The molecule has 1 aromatic heterocycles. The van der Waals surface area contributed by atoms with Crippen LogP contribution in [0.1, 0.15) is 13.3 Å². The molecule has 17 heavy (non-hydrogen) atoms. The molecule has 2 rings (SSSR count). The van der Waals surface area contributed by atoms with Crippen molar-refractivity contribution < 1.29 is 4.39 Å². The molecule has 2 aromatic rings. The molecule has 0 saturated heterocycles. The number of nitrogens with one attached hydrogen (secondary N) is 1. The molecule has 0 amide bonds. The highest BCUT2D eigenvalue weighted by molar-refractivity contribution is 7.18. The zero-order chi connectivity index (χ0) is 12.3. The first-order valence-corrected chi connectivity index (χ1v) is 6.43. The van der Waals surface area contributed by atoms with Gasteiger partial charge in [0, 0.05) is 12.1 Å². The minimum absolute atomic E-state index is 0.0979. The first-order chi connectivity index (χ1) is 8.20. The third kappa shape index (κ3) is 2.92. The number of rotatable bonds is 4. The minimum Gasteiger partial charge on any atom is -0.360 e. The first kappa shape index (κ1) is 12.3. The van der Waals surface area contributed by atoms with E-state index in [1.807, 2.05) is 0 Å². The Morgan fingerprint density at radius 1 is 1.41 bits per heavy atom.